The van der Waals surface area contributed by atoms with Crippen LogP contribution in [0.2, 0.25) is 0 Å². The van der Waals surface area contributed by atoms with E-state index in [0.29, 0.717) is 6.54 Å². The molecule has 2 N–H and O–H groups in total. The molecule has 0 aliphatic carbocycles. The van der Waals surface area contributed by atoms with Crippen molar-refractivity contribution >= 4 is 0 Å². The molecule has 3 heteroatoms. The maximum atomic E-state index is 6.00. The number of aromatic nitrogens is 1. The number of rotatable bonds is 4. The van der Waals surface area contributed by atoms with Crippen molar-refractivity contribution in [2.24, 2.45) is 5.73 Å². The molecule has 1 aromatic carbocycles. The number of hydrogen-bond donors (Lipinski definition) is 1. The smallest absolute Gasteiger partial charge is 0.137 e. The van der Waals surface area contributed by atoms with Crippen LogP contribution in [-0.2, 0) is 0 Å². The first-order chi connectivity index (χ1) is 8.72. The first-order valence-electron chi connectivity index (χ1n) is 6.05. The van der Waals surface area contributed by atoms with E-state index in [-0.39, 0.29) is 6.10 Å². The fourth-order valence-electron chi connectivity index (χ4n) is 1.82. The lowest BCUT2D eigenvalue weighted by Gasteiger charge is -2.19. The fraction of sp³-hybridized carbons (Fsp3) is 0.267. The summed E-state index contributed by atoms with van der Waals surface area (Å²) in [4.78, 5) is 4.10. The number of pyridine rings is 1. The molecule has 0 saturated carbocycles. The van der Waals surface area contributed by atoms with Gasteiger partial charge >= 0.3 is 0 Å². The molecule has 2 aromatic rings. The molecule has 0 aliphatic rings. The molecule has 1 aromatic heterocycles. The molecule has 0 aliphatic heterocycles. The second-order valence-electron chi connectivity index (χ2n) is 4.33. The van der Waals surface area contributed by atoms with E-state index in [1.165, 1.54) is 5.56 Å². The second-order valence-corrected chi connectivity index (χ2v) is 4.33. The van der Waals surface area contributed by atoms with Crippen LogP contribution in [0.5, 0.6) is 5.75 Å². The van der Waals surface area contributed by atoms with Gasteiger partial charge < -0.3 is 10.5 Å². The highest BCUT2D eigenvalue weighted by molar-refractivity contribution is 5.38. The van der Waals surface area contributed by atoms with Gasteiger partial charge in [0.1, 0.15) is 11.9 Å². The minimum Gasteiger partial charge on any atom is -0.484 e. The van der Waals surface area contributed by atoms with Gasteiger partial charge in [0.05, 0.1) is 0 Å². The Hall–Kier alpha value is -1.87. The molecule has 0 fully saturated rings. The van der Waals surface area contributed by atoms with Crippen LogP contribution in [-0.4, -0.2) is 11.5 Å². The molecule has 1 atom stereocenters. The summed E-state index contributed by atoms with van der Waals surface area (Å²) in [5.74, 6) is 0.884. The van der Waals surface area contributed by atoms with Gasteiger partial charge in [-0.3, -0.25) is 4.98 Å². The van der Waals surface area contributed by atoms with Crippen molar-refractivity contribution < 1.29 is 4.74 Å². The average Bonchev–Trinajstić information content (AvgIpc) is 2.41. The van der Waals surface area contributed by atoms with Crippen molar-refractivity contribution in [2.75, 3.05) is 6.54 Å². The number of aryl methyl sites for hydroxylation is 1. The standard InChI is InChI=1S/C15H18N2O/c1-11-5-3-7-14(12(11)2)18-15(9-16)13-6-4-8-17-10-13/h3-8,10,15H,9,16H2,1-2H3. The van der Waals surface area contributed by atoms with Crippen LogP contribution in [0.25, 0.3) is 0 Å². The quantitative estimate of drug-likeness (QED) is 0.896. The van der Waals surface area contributed by atoms with Crippen molar-refractivity contribution in [3.63, 3.8) is 0 Å². The highest BCUT2D eigenvalue weighted by Crippen LogP contribution is 2.26. The fourth-order valence-corrected chi connectivity index (χ4v) is 1.82. The Labute approximate surface area is 108 Å². The van der Waals surface area contributed by atoms with Gasteiger partial charge in [0.25, 0.3) is 0 Å². The number of ether oxygens (including phenoxy) is 1. The Morgan fingerprint density at radius 2 is 2.06 bits per heavy atom. The van der Waals surface area contributed by atoms with Gasteiger partial charge in [-0.05, 0) is 37.1 Å². The van der Waals surface area contributed by atoms with Crippen LogP contribution in [0.4, 0.5) is 0 Å². The first-order valence-corrected chi connectivity index (χ1v) is 6.05. The molecular weight excluding hydrogens is 224 g/mol. The van der Waals surface area contributed by atoms with E-state index in [4.69, 9.17) is 10.5 Å². The van der Waals surface area contributed by atoms with E-state index in [0.717, 1.165) is 16.9 Å². The summed E-state index contributed by atoms with van der Waals surface area (Å²) >= 11 is 0. The number of nitrogens with zero attached hydrogens (tertiary/aromatic N) is 1. The summed E-state index contributed by atoms with van der Waals surface area (Å²) in [7, 11) is 0. The Morgan fingerprint density at radius 1 is 1.22 bits per heavy atom. The summed E-state index contributed by atoms with van der Waals surface area (Å²) in [5.41, 5.74) is 9.16. The number of hydrogen-bond acceptors (Lipinski definition) is 3. The molecule has 0 amide bonds. The largest absolute Gasteiger partial charge is 0.484 e. The van der Waals surface area contributed by atoms with Crippen LogP contribution in [0.15, 0.2) is 42.7 Å². The van der Waals surface area contributed by atoms with Crippen molar-refractivity contribution in [3.8, 4) is 5.75 Å². The van der Waals surface area contributed by atoms with Crippen LogP contribution in [0.3, 0.4) is 0 Å². The number of nitrogens with two attached hydrogens (primary N) is 1. The van der Waals surface area contributed by atoms with E-state index in [1.54, 1.807) is 12.4 Å². The number of benzene rings is 1. The Bertz CT molecular complexity index is 511. The van der Waals surface area contributed by atoms with E-state index in [1.807, 2.05) is 24.3 Å². The topological polar surface area (TPSA) is 48.1 Å². The third-order valence-corrected chi connectivity index (χ3v) is 3.09. The lowest BCUT2D eigenvalue weighted by molar-refractivity contribution is 0.212. The highest BCUT2D eigenvalue weighted by atomic mass is 16.5. The molecule has 2 rings (SSSR count). The van der Waals surface area contributed by atoms with Crippen LogP contribution >= 0.6 is 0 Å². The lowest BCUT2D eigenvalue weighted by Crippen LogP contribution is -2.19. The van der Waals surface area contributed by atoms with Gasteiger partial charge in [-0.1, -0.05) is 18.2 Å². The minimum absolute atomic E-state index is 0.154. The van der Waals surface area contributed by atoms with Gasteiger partial charge in [0.15, 0.2) is 0 Å². The van der Waals surface area contributed by atoms with Gasteiger partial charge in [-0.15, -0.1) is 0 Å². The zero-order valence-corrected chi connectivity index (χ0v) is 10.8. The van der Waals surface area contributed by atoms with E-state index >= 15 is 0 Å². The van der Waals surface area contributed by atoms with E-state index in [2.05, 4.69) is 24.9 Å². The third kappa shape index (κ3) is 2.68. The van der Waals surface area contributed by atoms with Crippen LogP contribution in [0.1, 0.15) is 22.8 Å². The van der Waals surface area contributed by atoms with Crippen LogP contribution in [0, 0.1) is 13.8 Å². The Morgan fingerprint density at radius 3 is 2.72 bits per heavy atom. The van der Waals surface area contributed by atoms with Crippen molar-refractivity contribution in [2.45, 2.75) is 20.0 Å². The van der Waals surface area contributed by atoms with Crippen molar-refractivity contribution in [1.29, 1.82) is 0 Å². The van der Waals surface area contributed by atoms with E-state index < -0.39 is 0 Å². The molecule has 0 bridgehead atoms. The lowest BCUT2D eigenvalue weighted by atomic mass is 10.1. The Balaban J connectivity index is 2.24. The molecule has 0 radical (unpaired) electrons. The zero-order chi connectivity index (χ0) is 13.0. The maximum absolute atomic E-state index is 6.00. The molecule has 1 heterocycles. The summed E-state index contributed by atoms with van der Waals surface area (Å²) in [6, 6.07) is 9.92. The van der Waals surface area contributed by atoms with Gasteiger partial charge in [-0.25, -0.2) is 0 Å². The Kier molecular flexibility index (Phi) is 3.95. The third-order valence-electron chi connectivity index (χ3n) is 3.09. The van der Waals surface area contributed by atoms with E-state index in [9.17, 15) is 0 Å². The predicted molar refractivity (Wildman–Crippen MR) is 72.6 cm³/mol. The van der Waals surface area contributed by atoms with Crippen LogP contribution < -0.4 is 10.5 Å². The summed E-state index contributed by atoms with van der Waals surface area (Å²) in [5, 5.41) is 0. The summed E-state index contributed by atoms with van der Waals surface area (Å²) in [6.45, 7) is 4.56. The summed E-state index contributed by atoms with van der Waals surface area (Å²) < 4.78 is 6.00. The molecule has 94 valence electrons. The summed E-state index contributed by atoms with van der Waals surface area (Å²) in [6.07, 6.45) is 3.39. The SMILES string of the molecule is Cc1cccc(OC(CN)c2cccnc2)c1C. The van der Waals surface area contributed by atoms with Gasteiger partial charge in [0.2, 0.25) is 0 Å². The molecule has 1 unspecified atom stereocenters. The van der Waals surface area contributed by atoms with Crippen molar-refractivity contribution in [1.82, 2.24) is 4.98 Å². The predicted octanol–water partition coefficient (Wildman–Crippen LogP) is 2.78. The minimum atomic E-state index is -0.154. The zero-order valence-electron chi connectivity index (χ0n) is 10.8. The molecule has 0 spiro atoms. The molecular formula is C15H18N2O. The monoisotopic (exact) mass is 242 g/mol. The van der Waals surface area contributed by atoms with Gasteiger partial charge in [-0.2, -0.15) is 0 Å². The maximum Gasteiger partial charge on any atom is 0.137 e. The van der Waals surface area contributed by atoms with Crippen molar-refractivity contribution in [3.05, 3.63) is 59.4 Å². The van der Waals surface area contributed by atoms with Gasteiger partial charge in [0, 0.05) is 24.5 Å². The molecule has 3 nitrogen and oxygen atoms in total. The highest BCUT2D eigenvalue weighted by Gasteiger charge is 2.13. The second kappa shape index (κ2) is 5.65. The molecule has 0 saturated heterocycles. The normalized spacial score (nSPS) is 12.2. The molecule has 18 heavy (non-hydrogen) atoms. The average molecular weight is 242 g/mol. The first kappa shape index (κ1) is 12.6.